The minimum atomic E-state index is -3.68. The molecule has 0 saturated heterocycles. The van der Waals surface area contributed by atoms with Crippen molar-refractivity contribution in [2.24, 2.45) is 0 Å². The molecule has 112 valence electrons. The third-order valence-electron chi connectivity index (χ3n) is 3.30. The topological polar surface area (TPSA) is 72.2 Å². The molecule has 4 nitrogen and oxygen atoms in total. The fraction of sp³-hybridized carbons (Fsp3) is 0.200. The molecule has 0 aliphatic heterocycles. The molecule has 0 aliphatic rings. The van der Waals surface area contributed by atoms with Crippen LogP contribution in [0.4, 0.5) is 5.69 Å². The van der Waals surface area contributed by atoms with Crippen LogP contribution in [0.1, 0.15) is 24.1 Å². The van der Waals surface area contributed by atoms with Crippen molar-refractivity contribution in [3.05, 3.63) is 58.6 Å². The van der Waals surface area contributed by atoms with Gasteiger partial charge in [0, 0.05) is 16.8 Å². The molecule has 21 heavy (non-hydrogen) atoms. The van der Waals surface area contributed by atoms with Gasteiger partial charge in [-0.05, 0) is 37.1 Å². The fourth-order valence-corrected chi connectivity index (χ4v) is 3.52. The van der Waals surface area contributed by atoms with Gasteiger partial charge < -0.3 is 5.73 Å². The highest BCUT2D eigenvalue weighted by atomic mass is 35.5. The summed E-state index contributed by atoms with van der Waals surface area (Å²) in [6.45, 7) is 3.53. The maximum absolute atomic E-state index is 12.4. The number of hydrogen-bond donors (Lipinski definition) is 2. The van der Waals surface area contributed by atoms with Crippen molar-refractivity contribution in [3.63, 3.8) is 0 Å². The number of sulfonamides is 1. The zero-order valence-electron chi connectivity index (χ0n) is 11.8. The molecule has 6 heteroatoms. The third-order valence-corrected chi connectivity index (χ3v) is 5.21. The Kier molecular flexibility index (Phi) is 4.56. The number of nitrogens with two attached hydrogens (primary N) is 1. The number of nitrogen functional groups attached to an aromatic ring is 1. The van der Waals surface area contributed by atoms with Gasteiger partial charge in [-0.25, -0.2) is 13.1 Å². The van der Waals surface area contributed by atoms with E-state index in [1.165, 1.54) is 12.1 Å². The van der Waals surface area contributed by atoms with Gasteiger partial charge in [0.25, 0.3) is 0 Å². The zero-order chi connectivity index (χ0) is 15.6. The Morgan fingerprint density at radius 1 is 1.19 bits per heavy atom. The molecule has 0 fully saturated rings. The molecule has 0 radical (unpaired) electrons. The lowest BCUT2D eigenvalue weighted by molar-refractivity contribution is 0.567. The van der Waals surface area contributed by atoms with E-state index < -0.39 is 10.0 Å². The summed E-state index contributed by atoms with van der Waals surface area (Å²) in [5.41, 5.74) is 7.69. The molecule has 1 atom stereocenters. The molecule has 0 bridgehead atoms. The molecule has 2 aromatic carbocycles. The maximum Gasteiger partial charge on any atom is 0.241 e. The average molecular weight is 325 g/mol. The van der Waals surface area contributed by atoms with Crippen molar-refractivity contribution in [3.8, 4) is 0 Å². The molecular formula is C15H17ClN2O2S. The standard InChI is InChI=1S/C15H17ClN2O2S/c1-10-14(16)8-13(9-15(10)17)21(19,20)18-11(2)12-6-4-3-5-7-12/h3-9,11,18H,17H2,1-2H3/t11-/m1/s1. The second kappa shape index (κ2) is 6.05. The third kappa shape index (κ3) is 3.56. The Balaban J connectivity index is 2.31. The van der Waals surface area contributed by atoms with Crippen molar-refractivity contribution in [1.29, 1.82) is 0 Å². The number of halogens is 1. The van der Waals surface area contributed by atoms with Crippen molar-refractivity contribution >= 4 is 27.3 Å². The first-order valence-electron chi connectivity index (χ1n) is 6.44. The Labute approximate surface area is 130 Å². The van der Waals surface area contributed by atoms with Gasteiger partial charge in [0.05, 0.1) is 4.90 Å². The van der Waals surface area contributed by atoms with Crippen LogP contribution in [-0.2, 0) is 10.0 Å². The predicted molar refractivity (Wildman–Crippen MR) is 85.8 cm³/mol. The van der Waals surface area contributed by atoms with Crippen LogP contribution in [0.2, 0.25) is 5.02 Å². The van der Waals surface area contributed by atoms with E-state index >= 15 is 0 Å². The lowest BCUT2D eigenvalue weighted by Gasteiger charge is -2.15. The summed E-state index contributed by atoms with van der Waals surface area (Å²) in [5, 5.41) is 0.336. The van der Waals surface area contributed by atoms with Gasteiger partial charge in [-0.1, -0.05) is 41.9 Å². The Hall–Kier alpha value is -1.56. The van der Waals surface area contributed by atoms with E-state index in [-0.39, 0.29) is 10.9 Å². The van der Waals surface area contributed by atoms with E-state index in [1.807, 2.05) is 30.3 Å². The van der Waals surface area contributed by atoms with Crippen LogP contribution in [0.3, 0.4) is 0 Å². The Morgan fingerprint density at radius 2 is 1.81 bits per heavy atom. The number of nitrogens with one attached hydrogen (secondary N) is 1. The molecule has 0 unspecified atom stereocenters. The minimum absolute atomic E-state index is 0.0679. The average Bonchev–Trinajstić information content (AvgIpc) is 2.44. The smallest absolute Gasteiger partial charge is 0.241 e. The molecule has 0 amide bonds. The summed E-state index contributed by atoms with van der Waals surface area (Å²) >= 11 is 6.01. The van der Waals surface area contributed by atoms with Crippen molar-refractivity contribution in [2.45, 2.75) is 24.8 Å². The molecule has 0 aliphatic carbocycles. The Morgan fingerprint density at radius 3 is 2.38 bits per heavy atom. The van der Waals surface area contributed by atoms with E-state index in [0.29, 0.717) is 16.3 Å². The minimum Gasteiger partial charge on any atom is -0.398 e. The van der Waals surface area contributed by atoms with Gasteiger partial charge >= 0.3 is 0 Å². The van der Waals surface area contributed by atoms with Crippen LogP contribution in [0.5, 0.6) is 0 Å². The van der Waals surface area contributed by atoms with Gasteiger partial charge in [-0.3, -0.25) is 0 Å². The first-order valence-corrected chi connectivity index (χ1v) is 8.30. The molecule has 0 aromatic heterocycles. The van der Waals surface area contributed by atoms with Gasteiger partial charge in [0.1, 0.15) is 0 Å². The zero-order valence-corrected chi connectivity index (χ0v) is 13.4. The van der Waals surface area contributed by atoms with Gasteiger partial charge in [0.15, 0.2) is 0 Å². The van der Waals surface area contributed by atoms with Crippen molar-refractivity contribution in [1.82, 2.24) is 4.72 Å². The molecular weight excluding hydrogens is 308 g/mol. The van der Waals surface area contributed by atoms with Gasteiger partial charge in [-0.15, -0.1) is 0 Å². The number of rotatable bonds is 4. The normalized spacial score (nSPS) is 13.1. The number of anilines is 1. The van der Waals surface area contributed by atoms with E-state index in [2.05, 4.69) is 4.72 Å². The van der Waals surface area contributed by atoms with E-state index in [0.717, 1.165) is 5.56 Å². The first-order chi connectivity index (χ1) is 9.81. The van der Waals surface area contributed by atoms with E-state index in [4.69, 9.17) is 17.3 Å². The summed E-state index contributed by atoms with van der Waals surface area (Å²) in [7, 11) is -3.68. The number of benzene rings is 2. The van der Waals surface area contributed by atoms with Gasteiger partial charge in [0.2, 0.25) is 10.0 Å². The predicted octanol–water partition coefficient (Wildman–Crippen LogP) is 3.27. The monoisotopic (exact) mass is 324 g/mol. The van der Waals surface area contributed by atoms with Crippen LogP contribution >= 0.6 is 11.6 Å². The summed E-state index contributed by atoms with van der Waals surface area (Å²) in [4.78, 5) is 0.0679. The quantitative estimate of drug-likeness (QED) is 0.848. The van der Waals surface area contributed by atoms with Crippen LogP contribution in [-0.4, -0.2) is 8.42 Å². The Bertz CT molecular complexity index is 723. The lowest BCUT2D eigenvalue weighted by Crippen LogP contribution is -2.27. The summed E-state index contributed by atoms with van der Waals surface area (Å²) < 4.78 is 27.4. The highest BCUT2D eigenvalue weighted by molar-refractivity contribution is 7.89. The maximum atomic E-state index is 12.4. The highest BCUT2D eigenvalue weighted by Crippen LogP contribution is 2.26. The van der Waals surface area contributed by atoms with E-state index in [9.17, 15) is 8.42 Å². The van der Waals surface area contributed by atoms with Gasteiger partial charge in [-0.2, -0.15) is 0 Å². The summed E-state index contributed by atoms with van der Waals surface area (Å²) in [6.07, 6.45) is 0. The summed E-state index contributed by atoms with van der Waals surface area (Å²) in [5.74, 6) is 0. The second-order valence-electron chi connectivity index (χ2n) is 4.87. The highest BCUT2D eigenvalue weighted by Gasteiger charge is 2.20. The van der Waals surface area contributed by atoms with Crippen molar-refractivity contribution < 1.29 is 8.42 Å². The molecule has 3 N–H and O–H groups in total. The molecule has 0 saturated carbocycles. The van der Waals surface area contributed by atoms with Crippen LogP contribution in [0.15, 0.2) is 47.4 Å². The summed E-state index contributed by atoms with van der Waals surface area (Å²) in [6, 6.07) is 11.8. The molecule has 0 spiro atoms. The van der Waals surface area contributed by atoms with Crippen LogP contribution in [0.25, 0.3) is 0 Å². The lowest BCUT2D eigenvalue weighted by atomic mass is 10.1. The van der Waals surface area contributed by atoms with E-state index in [1.54, 1.807) is 13.8 Å². The molecule has 2 rings (SSSR count). The second-order valence-corrected chi connectivity index (χ2v) is 6.99. The fourth-order valence-electron chi connectivity index (χ4n) is 1.94. The van der Waals surface area contributed by atoms with Crippen molar-refractivity contribution in [2.75, 3.05) is 5.73 Å². The number of hydrogen-bond acceptors (Lipinski definition) is 3. The molecule has 2 aromatic rings. The largest absolute Gasteiger partial charge is 0.398 e. The van der Waals surface area contributed by atoms with Crippen LogP contribution in [0, 0.1) is 6.92 Å². The first kappa shape index (κ1) is 15.8. The molecule has 0 heterocycles. The SMILES string of the molecule is Cc1c(N)cc(S(=O)(=O)N[C@H](C)c2ccccc2)cc1Cl. The van der Waals surface area contributed by atoms with Crippen LogP contribution < -0.4 is 10.5 Å².